The average Bonchev–Trinajstić information content (AvgIpc) is 2.16. The van der Waals surface area contributed by atoms with Gasteiger partial charge in [0.05, 0.1) is 5.75 Å². The fraction of sp³-hybridized carbons (Fsp3) is 0.600. The second-order valence-electron chi connectivity index (χ2n) is 3.24. The van der Waals surface area contributed by atoms with Crippen LogP contribution in [0.3, 0.4) is 0 Å². The van der Waals surface area contributed by atoms with Crippen molar-refractivity contribution in [1.82, 2.24) is 0 Å². The van der Waals surface area contributed by atoms with E-state index < -0.39 is 16.1 Å². The first-order chi connectivity index (χ1) is 7.22. The van der Waals surface area contributed by atoms with E-state index in [0.717, 1.165) is 18.9 Å². The van der Waals surface area contributed by atoms with E-state index >= 15 is 0 Å². The minimum Gasteiger partial charge on any atom is -0.478 e. The minimum absolute atomic E-state index is 0. The zero-order valence-electron chi connectivity index (χ0n) is 10.6. The Morgan fingerprint density at radius 3 is 2.12 bits per heavy atom. The normalized spacial score (nSPS) is 9.88. The Balaban J connectivity index is -0.000000280. The van der Waals surface area contributed by atoms with Crippen LogP contribution in [-0.4, -0.2) is 29.8 Å². The van der Waals surface area contributed by atoms with Crippen molar-refractivity contribution in [1.29, 1.82) is 0 Å². The van der Waals surface area contributed by atoms with Gasteiger partial charge in [-0.05, 0) is 0 Å². The first kappa shape index (κ1) is 22.9. The third kappa shape index (κ3) is 26.4. The molecule has 17 heavy (non-hydrogen) atoms. The van der Waals surface area contributed by atoms with Crippen molar-refractivity contribution in [2.75, 3.05) is 5.75 Å². The summed E-state index contributed by atoms with van der Waals surface area (Å²) in [5, 5.41) is 7.60. The van der Waals surface area contributed by atoms with E-state index in [1.54, 1.807) is 0 Å². The van der Waals surface area contributed by atoms with Crippen LogP contribution in [0.1, 0.15) is 33.1 Å². The minimum atomic E-state index is -3.74. The summed E-state index contributed by atoms with van der Waals surface area (Å²) in [4.78, 5) is 9.25. The molecule has 0 bridgehead atoms. The third-order valence-electron chi connectivity index (χ3n) is 1.78. The zero-order valence-corrected chi connectivity index (χ0v) is 14.6. The van der Waals surface area contributed by atoms with Crippen LogP contribution >= 0.6 is 0 Å². The molecule has 0 aliphatic rings. The van der Waals surface area contributed by atoms with Crippen molar-refractivity contribution >= 4 is 16.1 Å². The van der Waals surface area contributed by atoms with Crippen LogP contribution in [0.2, 0.25) is 0 Å². The van der Waals surface area contributed by atoms with Gasteiger partial charge in [0.2, 0.25) is 0 Å². The van der Waals surface area contributed by atoms with Crippen LogP contribution in [0.15, 0.2) is 12.7 Å². The summed E-state index contributed by atoms with van der Waals surface area (Å²) in [6, 6.07) is 0. The Kier molecular flexibility index (Phi) is 17.8. The number of aliphatic carboxylic acids is 1. The van der Waals surface area contributed by atoms with E-state index in [1.807, 2.05) is 13.8 Å². The SMILES string of the molecule is C=CC(=O)O.CC[C-](C)CCCS(=O)(=O)O.[K+]. The van der Waals surface area contributed by atoms with E-state index in [1.165, 1.54) is 5.92 Å². The summed E-state index contributed by atoms with van der Waals surface area (Å²) >= 11 is 0. The smallest absolute Gasteiger partial charge is 0.478 e. The fourth-order valence-corrected chi connectivity index (χ4v) is 1.24. The molecule has 0 aromatic carbocycles. The predicted molar refractivity (Wildman–Crippen MR) is 62.7 cm³/mol. The van der Waals surface area contributed by atoms with Crippen molar-refractivity contribution in [3.8, 4) is 0 Å². The van der Waals surface area contributed by atoms with Gasteiger partial charge in [-0.3, -0.25) is 4.55 Å². The Labute approximate surface area is 146 Å². The molecule has 0 atom stereocenters. The number of carboxylic acids is 1. The van der Waals surface area contributed by atoms with Crippen molar-refractivity contribution < 1.29 is 74.3 Å². The van der Waals surface area contributed by atoms with Crippen LogP contribution in [0.5, 0.6) is 0 Å². The summed E-state index contributed by atoms with van der Waals surface area (Å²) in [6.45, 7) is 6.98. The summed E-state index contributed by atoms with van der Waals surface area (Å²) < 4.78 is 28.9. The molecule has 0 aliphatic carbocycles. The topological polar surface area (TPSA) is 91.7 Å². The molecule has 0 aliphatic heterocycles. The summed E-state index contributed by atoms with van der Waals surface area (Å²) in [5.41, 5.74) is 0. The second kappa shape index (κ2) is 13.2. The summed E-state index contributed by atoms with van der Waals surface area (Å²) in [7, 11) is -3.74. The van der Waals surface area contributed by atoms with Gasteiger partial charge in [0, 0.05) is 6.08 Å². The Morgan fingerprint density at radius 2 is 1.88 bits per heavy atom. The molecule has 0 saturated heterocycles. The fourth-order valence-electron chi connectivity index (χ4n) is 0.733. The zero-order chi connectivity index (χ0) is 13.2. The van der Waals surface area contributed by atoms with Gasteiger partial charge in [0.25, 0.3) is 10.1 Å². The molecule has 0 fully saturated rings. The van der Waals surface area contributed by atoms with Gasteiger partial charge < -0.3 is 11.0 Å². The van der Waals surface area contributed by atoms with E-state index in [0.29, 0.717) is 6.42 Å². The molecular weight excluding hydrogens is 271 g/mol. The molecule has 0 rings (SSSR count). The van der Waals surface area contributed by atoms with Crippen molar-refractivity contribution in [2.45, 2.75) is 33.1 Å². The quantitative estimate of drug-likeness (QED) is 0.281. The van der Waals surface area contributed by atoms with Crippen molar-refractivity contribution in [3.05, 3.63) is 18.6 Å². The summed E-state index contributed by atoms with van der Waals surface area (Å²) in [5.74, 6) is 0.170. The number of carbonyl (C=O) groups is 1. The molecule has 2 N–H and O–H groups in total. The van der Waals surface area contributed by atoms with Crippen LogP contribution < -0.4 is 51.4 Å². The van der Waals surface area contributed by atoms with Gasteiger partial charge in [0.15, 0.2) is 0 Å². The predicted octanol–water partition coefficient (Wildman–Crippen LogP) is -1.08. The Morgan fingerprint density at radius 1 is 1.47 bits per heavy atom. The maximum Gasteiger partial charge on any atom is 1.00 e. The standard InChI is InChI=1S/C7H15O3S.C3H4O2.K/c1-3-7(2)5-4-6-11(8,9)10;1-2-3(4)5;/h3-6H2,1-2H3,(H,8,9,10);2H,1H2,(H,4,5);/q-1;;+1. The first-order valence-corrected chi connectivity index (χ1v) is 6.45. The Hall–Kier alpha value is 0.756. The number of rotatable bonds is 6. The number of hydrogen-bond acceptors (Lipinski definition) is 3. The molecule has 96 valence electrons. The molecule has 7 heteroatoms. The monoisotopic (exact) mass is 290 g/mol. The maximum absolute atomic E-state index is 10.2. The summed E-state index contributed by atoms with van der Waals surface area (Å²) in [6.07, 6.45) is 3.13. The molecule has 0 aromatic heterocycles. The van der Waals surface area contributed by atoms with Crippen LogP contribution in [-0.2, 0) is 14.9 Å². The number of carboxylic acid groups (broad SMARTS) is 1. The largest absolute Gasteiger partial charge is 1.00 e. The first-order valence-electron chi connectivity index (χ1n) is 4.84. The molecule has 5 nitrogen and oxygen atoms in total. The number of hydrogen-bond donors (Lipinski definition) is 2. The molecule has 0 amide bonds. The Bertz CT molecular complexity index is 300. The van der Waals surface area contributed by atoms with Gasteiger partial charge >= 0.3 is 57.4 Å². The van der Waals surface area contributed by atoms with Crippen LogP contribution in [0.25, 0.3) is 0 Å². The second-order valence-corrected chi connectivity index (χ2v) is 4.81. The van der Waals surface area contributed by atoms with E-state index in [-0.39, 0.29) is 57.1 Å². The molecule has 0 unspecified atom stereocenters. The maximum atomic E-state index is 10.2. The van der Waals surface area contributed by atoms with E-state index in [2.05, 4.69) is 6.58 Å². The van der Waals surface area contributed by atoms with Gasteiger partial charge in [-0.2, -0.15) is 28.2 Å². The van der Waals surface area contributed by atoms with Gasteiger partial charge in [-0.1, -0.05) is 19.9 Å². The van der Waals surface area contributed by atoms with E-state index in [4.69, 9.17) is 9.66 Å². The molecule has 0 heterocycles. The molecule has 0 spiro atoms. The molecule has 0 radical (unpaired) electrons. The van der Waals surface area contributed by atoms with Crippen molar-refractivity contribution in [2.24, 2.45) is 0 Å². The average molecular weight is 290 g/mol. The van der Waals surface area contributed by atoms with Gasteiger partial charge in [-0.15, -0.1) is 0 Å². The van der Waals surface area contributed by atoms with Gasteiger partial charge in [0.1, 0.15) is 0 Å². The molecular formula is C10H19KO5S. The van der Waals surface area contributed by atoms with Gasteiger partial charge in [-0.25, -0.2) is 4.79 Å². The third-order valence-corrected chi connectivity index (χ3v) is 2.59. The van der Waals surface area contributed by atoms with E-state index in [9.17, 15) is 13.2 Å². The molecule has 0 saturated carbocycles. The van der Waals surface area contributed by atoms with Crippen molar-refractivity contribution in [3.63, 3.8) is 0 Å². The van der Waals surface area contributed by atoms with Crippen LogP contribution in [0, 0.1) is 5.92 Å². The van der Waals surface area contributed by atoms with Crippen LogP contribution in [0.4, 0.5) is 0 Å². The molecule has 0 aromatic rings.